The fourth-order valence-corrected chi connectivity index (χ4v) is 1.90. The summed E-state index contributed by atoms with van der Waals surface area (Å²) in [4.78, 5) is 0. The minimum absolute atomic E-state index is 0.164. The number of aliphatic hydroxyl groups is 1. The van der Waals surface area contributed by atoms with Crippen LogP contribution in [-0.4, -0.2) is 11.5 Å². The average molecular weight is 300 g/mol. The molecule has 2 rings (SSSR count). The average Bonchev–Trinajstić information content (AvgIpc) is 2.37. The van der Waals surface area contributed by atoms with Crippen LogP contribution < -0.4 is 4.74 Å². The zero-order chi connectivity index (χ0) is 15.5. The summed E-state index contributed by atoms with van der Waals surface area (Å²) in [6.45, 7) is 0. The Morgan fingerprint density at radius 2 is 1.71 bits per heavy atom. The molecule has 2 aromatic carbocycles. The molecule has 1 atom stereocenters. The minimum atomic E-state index is -4.75. The lowest BCUT2D eigenvalue weighted by molar-refractivity contribution is -0.274. The lowest BCUT2D eigenvalue weighted by Gasteiger charge is -2.13. The first-order valence-electron chi connectivity index (χ1n) is 6.12. The number of benzene rings is 2. The first kappa shape index (κ1) is 15.3. The van der Waals surface area contributed by atoms with Crippen molar-refractivity contribution in [1.82, 2.24) is 0 Å². The highest BCUT2D eigenvalue weighted by atomic mass is 19.4. The third-order valence-corrected chi connectivity index (χ3v) is 2.82. The van der Waals surface area contributed by atoms with Crippen LogP contribution in [0.25, 0.3) is 0 Å². The predicted molar refractivity (Wildman–Crippen MR) is 68.2 cm³/mol. The molecule has 0 aromatic heterocycles. The molecule has 0 fully saturated rings. The van der Waals surface area contributed by atoms with Crippen molar-refractivity contribution in [2.75, 3.05) is 0 Å². The molecule has 0 aliphatic heterocycles. The Labute approximate surface area is 118 Å². The third kappa shape index (κ3) is 4.75. The molecule has 0 radical (unpaired) electrons. The smallest absolute Gasteiger partial charge is 0.406 e. The molecule has 0 heterocycles. The van der Waals surface area contributed by atoms with Crippen LogP contribution in [0, 0.1) is 5.82 Å². The molecule has 0 amide bonds. The second-order valence-electron chi connectivity index (χ2n) is 4.47. The molecule has 2 aromatic rings. The molecule has 0 saturated carbocycles. The molecule has 0 aliphatic carbocycles. The van der Waals surface area contributed by atoms with E-state index in [1.807, 2.05) is 0 Å². The van der Waals surface area contributed by atoms with Gasteiger partial charge in [-0.15, -0.1) is 13.2 Å². The Kier molecular flexibility index (Phi) is 4.47. The summed E-state index contributed by atoms with van der Waals surface area (Å²) in [6, 6.07) is 10.7. The summed E-state index contributed by atoms with van der Waals surface area (Å²) in [5.74, 6) is -0.766. The molecule has 1 N–H and O–H groups in total. The first-order valence-corrected chi connectivity index (χ1v) is 6.12. The van der Waals surface area contributed by atoms with Gasteiger partial charge in [-0.25, -0.2) is 4.39 Å². The molecule has 112 valence electrons. The van der Waals surface area contributed by atoms with Crippen molar-refractivity contribution >= 4 is 0 Å². The zero-order valence-corrected chi connectivity index (χ0v) is 10.8. The van der Waals surface area contributed by atoms with Gasteiger partial charge >= 0.3 is 6.36 Å². The van der Waals surface area contributed by atoms with Crippen LogP contribution in [0.5, 0.6) is 5.75 Å². The maximum atomic E-state index is 13.0. The topological polar surface area (TPSA) is 29.5 Å². The van der Waals surface area contributed by atoms with Crippen LogP contribution in [0.1, 0.15) is 17.2 Å². The van der Waals surface area contributed by atoms with Gasteiger partial charge in [0, 0.05) is 6.42 Å². The molecule has 0 aliphatic rings. The normalized spacial score (nSPS) is 13.0. The molecule has 6 heteroatoms. The van der Waals surface area contributed by atoms with Gasteiger partial charge in [0.25, 0.3) is 0 Å². The summed E-state index contributed by atoms with van der Waals surface area (Å²) < 4.78 is 52.8. The van der Waals surface area contributed by atoms with E-state index in [0.717, 1.165) is 12.1 Å². The SMILES string of the molecule is OC(Cc1cccc(F)c1)c1ccc(OC(F)(F)F)cc1. The number of hydrogen-bond donors (Lipinski definition) is 1. The number of halogens is 4. The van der Waals surface area contributed by atoms with Crippen molar-refractivity contribution in [2.24, 2.45) is 0 Å². The lowest BCUT2D eigenvalue weighted by atomic mass is 10.0. The third-order valence-electron chi connectivity index (χ3n) is 2.82. The quantitative estimate of drug-likeness (QED) is 0.865. The zero-order valence-electron chi connectivity index (χ0n) is 10.8. The molecule has 1 unspecified atom stereocenters. The van der Waals surface area contributed by atoms with Crippen LogP contribution in [0.3, 0.4) is 0 Å². The van der Waals surface area contributed by atoms with Crippen LogP contribution in [0.2, 0.25) is 0 Å². The summed E-state index contributed by atoms with van der Waals surface area (Å²) in [5.41, 5.74) is 1.02. The highest BCUT2D eigenvalue weighted by Crippen LogP contribution is 2.25. The van der Waals surface area contributed by atoms with Crippen molar-refractivity contribution in [3.05, 3.63) is 65.5 Å². The van der Waals surface area contributed by atoms with Gasteiger partial charge in [0.1, 0.15) is 11.6 Å². The highest BCUT2D eigenvalue weighted by Gasteiger charge is 2.31. The van der Waals surface area contributed by atoms with Gasteiger partial charge in [-0.1, -0.05) is 24.3 Å². The number of alkyl halides is 3. The standard InChI is InChI=1S/C15H12F4O2/c16-12-3-1-2-10(8-12)9-14(20)11-4-6-13(7-5-11)21-15(17,18)19/h1-8,14,20H,9H2. The van der Waals surface area contributed by atoms with E-state index in [1.165, 1.54) is 30.3 Å². The van der Waals surface area contributed by atoms with Gasteiger partial charge in [-0.05, 0) is 35.4 Å². The van der Waals surface area contributed by atoms with E-state index in [1.54, 1.807) is 6.07 Å². The van der Waals surface area contributed by atoms with Gasteiger partial charge in [-0.2, -0.15) is 0 Å². The second kappa shape index (κ2) is 6.13. The van der Waals surface area contributed by atoms with Gasteiger partial charge in [0.15, 0.2) is 0 Å². The van der Waals surface area contributed by atoms with Crippen LogP contribution in [-0.2, 0) is 6.42 Å². The maximum Gasteiger partial charge on any atom is 0.573 e. The predicted octanol–water partition coefficient (Wildman–Crippen LogP) is 4.00. The van der Waals surface area contributed by atoms with Crippen LogP contribution in [0.4, 0.5) is 17.6 Å². The molecule has 0 bridgehead atoms. The van der Waals surface area contributed by atoms with E-state index >= 15 is 0 Å². The Morgan fingerprint density at radius 1 is 1.05 bits per heavy atom. The van der Waals surface area contributed by atoms with Crippen molar-refractivity contribution < 1.29 is 27.4 Å². The molecule has 0 saturated heterocycles. The van der Waals surface area contributed by atoms with Gasteiger partial charge in [0.05, 0.1) is 6.10 Å². The fourth-order valence-electron chi connectivity index (χ4n) is 1.90. The Bertz CT molecular complexity index is 593. The highest BCUT2D eigenvalue weighted by molar-refractivity contribution is 5.30. The van der Waals surface area contributed by atoms with Crippen molar-refractivity contribution in [2.45, 2.75) is 18.9 Å². The molecule has 21 heavy (non-hydrogen) atoms. The molecular weight excluding hydrogens is 288 g/mol. The monoisotopic (exact) mass is 300 g/mol. The van der Waals surface area contributed by atoms with E-state index in [0.29, 0.717) is 11.1 Å². The van der Waals surface area contributed by atoms with Crippen LogP contribution >= 0.6 is 0 Å². The summed E-state index contributed by atoms with van der Waals surface area (Å²) in [5, 5.41) is 10.0. The van der Waals surface area contributed by atoms with E-state index in [4.69, 9.17) is 0 Å². The molecule has 2 nitrogen and oxygen atoms in total. The Hall–Kier alpha value is -2.08. The van der Waals surface area contributed by atoms with Crippen molar-refractivity contribution in [3.63, 3.8) is 0 Å². The number of hydrogen-bond acceptors (Lipinski definition) is 2. The largest absolute Gasteiger partial charge is 0.573 e. The number of aliphatic hydroxyl groups excluding tert-OH is 1. The van der Waals surface area contributed by atoms with Crippen LogP contribution in [0.15, 0.2) is 48.5 Å². The van der Waals surface area contributed by atoms with Gasteiger partial charge in [-0.3, -0.25) is 0 Å². The lowest BCUT2D eigenvalue weighted by Crippen LogP contribution is -2.17. The molecule has 0 spiro atoms. The number of ether oxygens (including phenoxy) is 1. The second-order valence-corrected chi connectivity index (χ2v) is 4.47. The van der Waals surface area contributed by atoms with E-state index < -0.39 is 18.3 Å². The Morgan fingerprint density at radius 3 is 2.29 bits per heavy atom. The van der Waals surface area contributed by atoms with Gasteiger partial charge in [0.2, 0.25) is 0 Å². The summed E-state index contributed by atoms with van der Waals surface area (Å²) in [6.07, 6.45) is -5.52. The number of rotatable bonds is 4. The fraction of sp³-hybridized carbons (Fsp3) is 0.200. The molecular formula is C15H12F4O2. The van der Waals surface area contributed by atoms with E-state index in [2.05, 4.69) is 4.74 Å². The first-order chi connectivity index (χ1) is 9.83. The minimum Gasteiger partial charge on any atom is -0.406 e. The van der Waals surface area contributed by atoms with E-state index in [9.17, 15) is 22.7 Å². The Balaban J connectivity index is 2.04. The van der Waals surface area contributed by atoms with E-state index in [-0.39, 0.29) is 12.2 Å². The van der Waals surface area contributed by atoms with Crippen molar-refractivity contribution in [1.29, 1.82) is 0 Å². The summed E-state index contributed by atoms with van der Waals surface area (Å²) >= 11 is 0. The summed E-state index contributed by atoms with van der Waals surface area (Å²) in [7, 11) is 0. The van der Waals surface area contributed by atoms with Crippen molar-refractivity contribution in [3.8, 4) is 5.75 Å². The van der Waals surface area contributed by atoms with Gasteiger partial charge < -0.3 is 9.84 Å². The maximum absolute atomic E-state index is 13.0.